The number of amides is 2. The van der Waals surface area contributed by atoms with Crippen molar-refractivity contribution in [3.8, 4) is 5.75 Å². The molecule has 0 radical (unpaired) electrons. The van der Waals surface area contributed by atoms with Gasteiger partial charge in [-0.15, -0.1) is 0 Å². The number of rotatable bonds is 6. The van der Waals surface area contributed by atoms with E-state index in [0.717, 1.165) is 10.0 Å². The second-order valence-corrected chi connectivity index (χ2v) is 8.36. The Morgan fingerprint density at radius 3 is 2.61 bits per heavy atom. The summed E-state index contributed by atoms with van der Waals surface area (Å²) in [5.74, 6) is -2.06. The van der Waals surface area contributed by atoms with E-state index in [0.29, 0.717) is 23.4 Å². The first-order valence-electron chi connectivity index (χ1n) is 10.2. The highest BCUT2D eigenvalue weighted by atomic mass is 79.9. The second kappa shape index (κ2) is 10.2. The predicted molar refractivity (Wildman–Crippen MR) is 127 cm³/mol. The van der Waals surface area contributed by atoms with Gasteiger partial charge in [0.1, 0.15) is 11.7 Å². The van der Waals surface area contributed by atoms with E-state index in [1.54, 1.807) is 42.5 Å². The minimum Gasteiger partial charge on any atom is -0.423 e. The summed E-state index contributed by atoms with van der Waals surface area (Å²) in [4.78, 5) is 37.2. The molecule has 166 valence electrons. The van der Waals surface area contributed by atoms with Gasteiger partial charge < -0.3 is 10.1 Å². The predicted octanol–water partition coefficient (Wildman–Crippen LogP) is 3.65. The lowest BCUT2D eigenvalue weighted by Gasteiger charge is -2.15. The van der Waals surface area contributed by atoms with E-state index in [4.69, 9.17) is 4.74 Å². The molecule has 2 amide bonds. The van der Waals surface area contributed by atoms with Crippen LogP contribution in [0.25, 0.3) is 0 Å². The Morgan fingerprint density at radius 1 is 1.03 bits per heavy atom. The Morgan fingerprint density at radius 2 is 1.82 bits per heavy atom. The molecular formula is C25H20BrN3O4. The third-order valence-corrected chi connectivity index (χ3v) is 5.70. The first-order chi connectivity index (χ1) is 16.0. The van der Waals surface area contributed by atoms with Gasteiger partial charge in [0.2, 0.25) is 5.91 Å². The molecule has 0 unspecified atom stereocenters. The van der Waals surface area contributed by atoms with Gasteiger partial charge in [-0.05, 0) is 41.5 Å². The standard InChI is InChI=1S/C25H20BrN3O4/c26-19-10-5-9-18(13-19)25(32)33-20-11-4-6-16(12-20)14-28-29-24(31)22-21(15-27-23(22)30)17-7-2-1-3-8-17/h1-14,21-22H,15H2,(H,27,30)(H,29,31)/t21-,22-/m0/s1. The van der Waals surface area contributed by atoms with Crippen LogP contribution in [0.4, 0.5) is 0 Å². The molecule has 2 N–H and O–H groups in total. The number of hydrogen-bond donors (Lipinski definition) is 2. The second-order valence-electron chi connectivity index (χ2n) is 7.45. The van der Waals surface area contributed by atoms with E-state index in [9.17, 15) is 14.4 Å². The van der Waals surface area contributed by atoms with Crippen LogP contribution in [-0.2, 0) is 9.59 Å². The number of benzene rings is 3. The smallest absolute Gasteiger partial charge is 0.343 e. The topological polar surface area (TPSA) is 96.9 Å². The number of nitrogens with one attached hydrogen (secondary N) is 2. The van der Waals surface area contributed by atoms with Crippen LogP contribution in [0.3, 0.4) is 0 Å². The molecule has 7 nitrogen and oxygen atoms in total. The molecular weight excluding hydrogens is 486 g/mol. The summed E-state index contributed by atoms with van der Waals surface area (Å²) in [5.41, 5.74) is 4.40. The summed E-state index contributed by atoms with van der Waals surface area (Å²) >= 11 is 3.33. The summed E-state index contributed by atoms with van der Waals surface area (Å²) in [7, 11) is 0. The molecule has 4 rings (SSSR count). The van der Waals surface area contributed by atoms with E-state index < -0.39 is 17.8 Å². The lowest BCUT2D eigenvalue weighted by atomic mass is 9.88. The zero-order valence-electron chi connectivity index (χ0n) is 17.4. The Bertz CT molecular complexity index is 1210. The molecule has 3 aromatic carbocycles. The lowest BCUT2D eigenvalue weighted by Crippen LogP contribution is -2.34. The normalized spacial score (nSPS) is 17.5. The Labute approximate surface area is 199 Å². The van der Waals surface area contributed by atoms with Crippen molar-refractivity contribution in [1.29, 1.82) is 0 Å². The molecule has 0 spiro atoms. The number of nitrogens with zero attached hydrogens (tertiary/aromatic N) is 1. The molecule has 0 saturated carbocycles. The van der Waals surface area contributed by atoms with Crippen LogP contribution in [0.15, 0.2) is 88.4 Å². The third-order valence-electron chi connectivity index (χ3n) is 5.21. The average molecular weight is 506 g/mol. The zero-order chi connectivity index (χ0) is 23.2. The van der Waals surface area contributed by atoms with Gasteiger partial charge in [0.25, 0.3) is 5.91 Å². The van der Waals surface area contributed by atoms with Gasteiger partial charge >= 0.3 is 5.97 Å². The van der Waals surface area contributed by atoms with Gasteiger partial charge in [-0.3, -0.25) is 9.59 Å². The molecule has 1 saturated heterocycles. The zero-order valence-corrected chi connectivity index (χ0v) is 19.0. The van der Waals surface area contributed by atoms with E-state index in [-0.39, 0.29) is 11.8 Å². The minimum absolute atomic E-state index is 0.255. The van der Waals surface area contributed by atoms with Crippen LogP contribution in [-0.4, -0.2) is 30.5 Å². The van der Waals surface area contributed by atoms with E-state index in [1.807, 2.05) is 36.4 Å². The fourth-order valence-electron chi connectivity index (χ4n) is 3.61. The van der Waals surface area contributed by atoms with Crippen LogP contribution in [0.1, 0.15) is 27.4 Å². The molecule has 0 aliphatic carbocycles. The van der Waals surface area contributed by atoms with Gasteiger partial charge in [-0.25, -0.2) is 10.2 Å². The largest absolute Gasteiger partial charge is 0.423 e. The van der Waals surface area contributed by atoms with E-state index in [1.165, 1.54) is 6.21 Å². The van der Waals surface area contributed by atoms with Crippen molar-refractivity contribution in [2.24, 2.45) is 11.0 Å². The van der Waals surface area contributed by atoms with Crippen molar-refractivity contribution in [3.63, 3.8) is 0 Å². The number of halogens is 1. The Hall–Kier alpha value is -3.78. The first-order valence-corrected chi connectivity index (χ1v) is 11.0. The van der Waals surface area contributed by atoms with Gasteiger partial charge in [0.15, 0.2) is 0 Å². The fraction of sp³-hybridized carbons (Fsp3) is 0.120. The van der Waals surface area contributed by atoms with Crippen molar-refractivity contribution >= 4 is 39.9 Å². The van der Waals surface area contributed by atoms with Crippen LogP contribution in [0, 0.1) is 5.92 Å². The van der Waals surface area contributed by atoms with Gasteiger partial charge in [0.05, 0.1) is 11.8 Å². The minimum atomic E-state index is -0.859. The molecule has 0 aromatic heterocycles. The summed E-state index contributed by atoms with van der Waals surface area (Å²) in [6.07, 6.45) is 1.43. The molecule has 1 aliphatic heterocycles. The summed E-state index contributed by atoms with van der Waals surface area (Å²) in [6, 6.07) is 23.1. The quantitative estimate of drug-likeness (QED) is 0.175. The Balaban J connectivity index is 1.39. The van der Waals surface area contributed by atoms with Crippen LogP contribution >= 0.6 is 15.9 Å². The highest BCUT2D eigenvalue weighted by molar-refractivity contribution is 9.10. The molecule has 0 bridgehead atoms. The number of carbonyl (C=O) groups is 3. The molecule has 33 heavy (non-hydrogen) atoms. The van der Waals surface area contributed by atoms with E-state index >= 15 is 0 Å². The monoisotopic (exact) mass is 505 g/mol. The van der Waals surface area contributed by atoms with Gasteiger partial charge in [-0.2, -0.15) is 5.10 Å². The molecule has 3 aromatic rings. The van der Waals surface area contributed by atoms with Crippen LogP contribution in [0.5, 0.6) is 5.75 Å². The van der Waals surface area contributed by atoms with Crippen LogP contribution < -0.4 is 15.5 Å². The lowest BCUT2D eigenvalue weighted by molar-refractivity contribution is -0.133. The summed E-state index contributed by atoms with van der Waals surface area (Å²) < 4.78 is 6.20. The van der Waals surface area contributed by atoms with Crippen LogP contribution in [0.2, 0.25) is 0 Å². The van der Waals surface area contributed by atoms with Crippen molar-refractivity contribution in [3.05, 3.63) is 100 Å². The van der Waals surface area contributed by atoms with Crippen molar-refractivity contribution < 1.29 is 19.1 Å². The molecule has 8 heteroatoms. The summed E-state index contributed by atoms with van der Waals surface area (Å²) in [6.45, 7) is 0.399. The van der Waals surface area contributed by atoms with Crippen molar-refractivity contribution in [2.75, 3.05) is 6.54 Å². The third kappa shape index (κ3) is 5.53. The highest BCUT2D eigenvalue weighted by Gasteiger charge is 2.40. The number of carbonyl (C=O) groups excluding carboxylic acids is 3. The molecule has 2 atom stereocenters. The van der Waals surface area contributed by atoms with Crippen molar-refractivity contribution in [1.82, 2.24) is 10.7 Å². The molecule has 1 aliphatic rings. The summed E-state index contributed by atoms with van der Waals surface area (Å²) in [5, 5.41) is 6.73. The Kier molecular flexibility index (Phi) is 6.95. The maximum Gasteiger partial charge on any atom is 0.343 e. The van der Waals surface area contributed by atoms with E-state index in [2.05, 4.69) is 31.8 Å². The average Bonchev–Trinajstić information content (AvgIpc) is 3.21. The number of ether oxygens (including phenoxy) is 1. The maximum absolute atomic E-state index is 12.7. The molecule has 1 fully saturated rings. The van der Waals surface area contributed by atoms with Gasteiger partial charge in [-0.1, -0.05) is 64.5 Å². The fourth-order valence-corrected chi connectivity index (χ4v) is 4.01. The SMILES string of the molecule is O=C(Oc1cccc(C=NNC(=O)[C@@H]2C(=O)NC[C@H]2c2ccccc2)c1)c1cccc(Br)c1. The highest BCUT2D eigenvalue weighted by Crippen LogP contribution is 2.29. The number of esters is 1. The number of hydrogen-bond acceptors (Lipinski definition) is 5. The first kappa shape index (κ1) is 22.4. The van der Waals surface area contributed by atoms with Crippen molar-refractivity contribution in [2.45, 2.75) is 5.92 Å². The number of hydrazone groups is 1. The maximum atomic E-state index is 12.7. The molecule has 1 heterocycles. The van der Waals surface area contributed by atoms with Gasteiger partial charge in [0, 0.05) is 16.9 Å².